The third-order valence-corrected chi connectivity index (χ3v) is 11.8. The number of benzene rings is 1. The zero-order valence-electron chi connectivity index (χ0n) is 20.9. The largest absolute Gasteiger partial charge is 0.394 e. The molecule has 1 aromatic rings. The zero-order chi connectivity index (χ0) is 25.6. The standard InChI is InChI=1S/C27H36BrN3O4S/c1-15(2)19(14-32)31-23(25(34)30-17-11-7-4-8-12-17)27-13-18(28)22(36-27)20(21(27)26(31)35)24(33)29-16-9-5-3-6-10-16/h3,5-6,9-10,15,17-23,32H,4,7-8,11-14H2,1-2H3,(H,29,33)(H,30,34)/t18?,19-,20-,21-,22-,23?,27?/m0/s1. The van der Waals surface area contributed by atoms with Gasteiger partial charge >= 0.3 is 0 Å². The second-order valence-electron chi connectivity index (χ2n) is 11.1. The number of fused-ring (bicyclic) bond motifs is 1. The van der Waals surface area contributed by atoms with E-state index in [1.807, 2.05) is 44.2 Å². The molecule has 9 heteroatoms. The van der Waals surface area contributed by atoms with E-state index in [9.17, 15) is 19.5 Å². The molecule has 7 atom stereocenters. The number of hydrogen-bond acceptors (Lipinski definition) is 5. The highest BCUT2D eigenvalue weighted by molar-refractivity contribution is 9.09. The molecule has 0 radical (unpaired) electrons. The molecule has 3 amide bonds. The van der Waals surface area contributed by atoms with Gasteiger partial charge in [-0.1, -0.05) is 67.2 Å². The van der Waals surface area contributed by atoms with Gasteiger partial charge in [-0.05, 0) is 37.3 Å². The summed E-state index contributed by atoms with van der Waals surface area (Å²) in [7, 11) is 0. The summed E-state index contributed by atoms with van der Waals surface area (Å²) < 4.78 is -0.699. The van der Waals surface area contributed by atoms with Crippen molar-refractivity contribution in [2.24, 2.45) is 17.8 Å². The van der Waals surface area contributed by atoms with E-state index < -0.39 is 28.7 Å². The van der Waals surface area contributed by atoms with Crippen LogP contribution in [0.1, 0.15) is 52.4 Å². The van der Waals surface area contributed by atoms with Crippen LogP contribution in [0.25, 0.3) is 0 Å². The monoisotopic (exact) mass is 577 g/mol. The molecule has 1 aromatic carbocycles. The van der Waals surface area contributed by atoms with Crippen LogP contribution >= 0.6 is 27.7 Å². The highest BCUT2D eigenvalue weighted by Gasteiger charge is 2.76. The van der Waals surface area contributed by atoms with Crippen LogP contribution in [-0.4, -0.2) is 67.3 Å². The van der Waals surface area contributed by atoms with Crippen molar-refractivity contribution >= 4 is 51.1 Å². The molecular weight excluding hydrogens is 542 g/mol. The molecule has 3 unspecified atom stereocenters. The van der Waals surface area contributed by atoms with E-state index in [0.29, 0.717) is 12.1 Å². The van der Waals surface area contributed by atoms with Crippen molar-refractivity contribution < 1.29 is 19.5 Å². The number of para-hydroxylation sites is 1. The highest BCUT2D eigenvalue weighted by Crippen LogP contribution is 2.68. The van der Waals surface area contributed by atoms with Gasteiger partial charge in [0.1, 0.15) is 6.04 Å². The van der Waals surface area contributed by atoms with E-state index in [1.54, 1.807) is 16.7 Å². The Labute approximate surface area is 225 Å². The van der Waals surface area contributed by atoms with Gasteiger partial charge < -0.3 is 20.6 Å². The fourth-order valence-corrected chi connectivity index (χ4v) is 10.5. The number of hydrogen-bond donors (Lipinski definition) is 3. The number of carbonyl (C=O) groups is 3. The molecule has 1 spiro atoms. The maximum Gasteiger partial charge on any atom is 0.244 e. The average molecular weight is 579 g/mol. The Bertz CT molecular complexity index is 1000. The Morgan fingerprint density at radius 1 is 1.17 bits per heavy atom. The minimum Gasteiger partial charge on any atom is -0.394 e. The van der Waals surface area contributed by atoms with Crippen LogP contribution in [0.3, 0.4) is 0 Å². The molecule has 7 nitrogen and oxygen atoms in total. The molecule has 36 heavy (non-hydrogen) atoms. The fraction of sp³-hybridized carbons (Fsp3) is 0.667. The maximum absolute atomic E-state index is 14.2. The molecule has 3 N–H and O–H groups in total. The number of alkyl halides is 1. The van der Waals surface area contributed by atoms with E-state index in [2.05, 4.69) is 26.6 Å². The summed E-state index contributed by atoms with van der Waals surface area (Å²) in [6, 6.07) is 8.22. The summed E-state index contributed by atoms with van der Waals surface area (Å²) in [6.45, 7) is 3.72. The van der Waals surface area contributed by atoms with E-state index in [4.69, 9.17) is 0 Å². The number of thioether (sulfide) groups is 1. The SMILES string of the molecule is CC(C)[C@H](CO)N1C(=O)[C@@H]2[C@H](C(=O)Nc3ccccc3)[C@H]3SC2(CC3Br)C1C(=O)NC1CCCCC1. The highest BCUT2D eigenvalue weighted by atomic mass is 79.9. The number of amides is 3. The predicted octanol–water partition coefficient (Wildman–Crippen LogP) is 3.56. The summed E-state index contributed by atoms with van der Waals surface area (Å²) in [5.41, 5.74) is 0.694. The molecule has 0 aromatic heterocycles. The van der Waals surface area contributed by atoms with Gasteiger partial charge in [-0.25, -0.2) is 0 Å². The topological polar surface area (TPSA) is 98.7 Å². The molecular formula is C27H36BrN3O4S. The molecule has 196 valence electrons. The first-order valence-corrected chi connectivity index (χ1v) is 15.0. The van der Waals surface area contributed by atoms with Crippen LogP contribution in [0.5, 0.6) is 0 Å². The first kappa shape index (κ1) is 26.0. The molecule has 1 aliphatic carbocycles. The minimum atomic E-state index is -0.707. The molecule has 1 saturated carbocycles. The predicted molar refractivity (Wildman–Crippen MR) is 145 cm³/mol. The number of aliphatic hydroxyl groups excluding tert-OH is 1. The lowest BCUT2D eigenvalue weighted by Crippen LogP contribution is -2.59. The summed E-state index contributed by atoms with van der Waals surface area (Å²) in [4.78, 5) is 43.5. The molecule has 2 bridgehead atoms. The molecule has 4 fully saturated rings. The lowest BCUT2D eigenvalue weighted by molar-refractivity contribution is -0.143. The molecule has 4 aliphatic rings. The number of rotatable bonds is 7. The van der Waals surface area contributed by atoms with Gasteiger partial charge in [0.05, 0.1) is 29.2 Å². The van der Waals surface area contributed by atoms with Crippen molar-refractivity contribution in [3.63, 3.8) is 0 Å². The van der Waals surface area contributed by atoms with Crippen LogP contribution in [0.15, 0.2) is 30.3 Å². The van der Waals surface area contributed by atoms with Gasteiger partial charge in [0.2, 0.25) is 17.7 Å². The number of carbonyl (C=O) groups excluding carboxylic acids is 3. The van der Waals surface area contributed by atoms with Gasteiger partial charge in [-0.15, -0.1) is 11.8 Å². The van der Waals surface area contributed by atoms with Crippen LogP contribution in [0.4, 0.5) is 5.69 Å². The van der Waals surface area contributed by atoms with Crippen molar-refractivity contribution in [1.82, 2.24) is 10.2 Å². The van der Waals surface area contributed by atoms with Gasteiger partial charge in [0.15, 0.2) is 0 Å². The second kappa shape index (κ2) is 10.3. The summed E-state index contributed by atoms with van der Waals surface area (Å²) in [6.07, 6.45) is 5.93. The third kappa shape index (κ3) is 4.29. The average Bonchev–Trinajstić information content (AvgIpc) is 3.44. The van der Waals surface area contributed by atoms with Gasteiger partial charge in [-0.3, -0.25) is 14.4 Å². The van der Waals surface area contributed by atoms with E-state index in [1.165, 1.54) is 6.42 Å². The lowest BCUT2D eigenvalue weighted by atomic mass is 9.70. The second-order valence-corrected chi connectivity index (χ2v) is 13.8. The lowest BCUT2D eigenvalue weighted by Gasteiger charge is -2.39. The van der Waals surface area contributed by atoms with Crippen LogP contribution < -0.4 is 10.6 Å². The van der Waals surface area contributed by atoms with Crippen LogP contribution in [-0.2, 0) is 14.4 Å². The number of halogens is 1. The van der Waals surface area contributed by atoms with Crippen LogP contribution in [0.2, 0.25) is 0 Å². The molecule has 3 heterocycles. The summed E-state index contributed by atoms with van der Waals surface area (Å²) in [5, 5.41) is 16.5. The summed E-state index contributed by atoms with van der Waals surface area (Å²) in [5.74, 6) is -1.66. The summed E-state index contributed by atoms with van der Waals surface area (Å²) >= 11 is 5.44. The Kier molecular flexibility index (Phi) is 7.45. The quantitative estimate of drug-likeness (QED) is 0.430. The Balaban J connectivity index is 1.51. The van der Waals surface area contributed by atoms with Gasteiger partial charge in [0.25, 0.3) is 0 Å². The first-order valence-electron chi connectivity index (χ1n) is 13.2. The Morgan fingerprint density at radius 3 is 2.50 bits per heavy atom. The Morgan fingerprint density at radius 2 is 1.86 bits per heavy atom. The van der Waals surface area contributed by atoms with Crippen LogP contribution in [0, 0.1) is 17.8 Å². The molecule has 5 rings (SSSR count). The zero-order valence-corrected chi connectivity index (χ0v) is 23.3. The number of nitrogens with one attached hydrogen (secondary N) is 2. The smallest absolute Gasteiger partial charge is 0.244 e. The molecule has 3 saturated heterocycles. The van der Waals surface area contributed by atoms with Crippen molar-refractivity contribution in [3.05, 3.63) is 30.3 Å². The number of nitrogens with zero attached hydrogens (tertiary/aromatic N) is 1. The van der Waals surface area contributed by atoms with E-state index in [-0.39, 0.29) is 46.4 Å². The minimum absolute atomic E-state index is 0.0228. The van der Waals surface area contributed by atoms with E-state index >= 15 is 0 Å². The fourth-order valence-electron chi connectivity index (χ4n) is 6.92. The van der Waals surface area contributed by atoms with Gasteiger partial charge in [-0.2, -0.15) is 0 Å². The van der Waals surface area contributed by atoms with E-state index in [0.717, 1.165) is 25.7 Å². The van der Waals surface area contributed by atoms with Crippen molar-refractivity contribution in [2.45, 2.75) is 85.3 Å². The number of aliphatic hydroxyl groups is 1. The van der Waals surface area contributed by atoms with Crippen molar-refractivity contribution in [3.8, 4) is 0 Å². The van der Waals surface area contributed by atoms with Crippen molar-refractivity contribution in [1.29, 1.82) is 0 Å². The molecule has 3 aliphatic heterocycles. The Hall–Kier alpha value is -1.58. The third-order valence-electron chi connectivity index (χ3n) is 8.58. The maximum atomic E-state index is 14.2. The number of anilines is 1. The first-order chi connectivity index (χ1) is 17.3. The normalized spacial score (nSPS) is 34.6. The van der Waals surface area contributed by atoms with Gasteiger partial charge in [0, 0.05) is 21.8 Å². The number of likely N-dealkylation sites (tertiary alicyclic amines) is 1. The van der Waals surface area contributed by atoms with Crippen molar-refractivity contribution in [2.75, 3.05) is 11.9 Å².